The average Bonchev–Trinajstić information content (AvgIpc) is 2.76. The average molecular weight is 439 g/mol. The van der Waals surface area contributed by atoms with Crippen molar-refractivity contribution in [3.8, 4) is 0 Å². The molecule has 0 spiro atoms. The van der Waals surface area contributed by atoms with Gasteiger partial charge >= 0.3 is 5.97 Å². The number of hydrogen-bond donors (Lipinski definition) is 0. The van der Waals surface area contributed by atoms with Gasteiger partial charge in [0.15, 0.2) is 5.43 Å². The van der Waals surface area contributed by atoms with Crippen molar-refractivity contribution in [2.45, 2.75) is 39.2 Å². The minimum Gasteiger partial charge on any atom is -0.465 e. The van der Waals surface area contributed by atoms with Gasteiger partial charge in [0.1, 0.15) is 6.54 Å². The first kappa shape index (κ1) is 21.4. The van der Waals surface area contributed by atoms with Crippen LogP contribution in [0.15, 0.2) is 41.2 Å². The largest absolute Gasteiger partial charge is 0.465 e. The maximum atomic E-state index is 13.4. The first-order valence-electron chi connectivity index (χ1n) is 10.7. The maximum Gasteiger partial charge on any atom is 0.325 e. The maximum absolute atomic E-state index is 13.4. The molecule has 1 heterocycles. The Morgan fingerprint density at radius 1 is 1.16 bits per heavy atom. The highest BCUT2D eigenvalue weighted by Crippen LogP contribution is 2.35. The van der Waals surface area contributed by atoms with Crippen LogP contribution in [0.4, 0.5) is 5.69 Å². The van der Waals surface area contributed by atoms with Crippen LogP contribution < -0.4 is 10.3 Å². The van der Waals surface area contributed by atoms with Gasteiger partial charge < -0.3 is 14.2 Å². The number of rotatable bonds is 5. The van der Waals surface area contributed by atoms with E-state index in [-0.39, 0.29) is 17.9 Å². The molecule has 0 aliphatic heterocycles. The van der Waals surface area contributed by atoms with Gasteiger partial charge in [0.2, 0.25) is 0 Å². The number of anilines is 1. The molecule has 4 rings (SSSR count). The number of ether oxygens (including phenoxy) is 1. The van der Waals surface area contributed by atoms with Crippen LogP contribution >= 0.6 is 11.6 Å². The normalized spacial score (nSPS) is 14.0. The topological polar surface area (TPSA) is 51.5 Å². The minimum absolute atomic E-state index is 0.00477. The molecule has 0 saturated heterocycles. The van der Waals surface area contributed by atoms with Crippen LogP contribution in [0.25, 0.3) is 27.4 Å². The van der Waals surface area contributed by atoms with E-state index in [1.165, 1.54) is 12.0 Å². The van der Waals surface area contributed by atoms with Crippen molar-refractivity contribution in [3.63, 3.8) is 0 Å². The highest BCUT2D eigenvalue weighted by atomic mass is 35.5. The summed E-state index contributed by atoms with van der Waals surface area (Å²) in [6, 6.07) is 9.42. The van der Waals surface area contributed by atoms with E-state index in [2.05, 4.69) is 6.08 Å². The molecule has 0 unspecified atom stereocenters. The number of allylic oxidation sites excluding steroid dienone is 2. The number of benzene rings is 2. The zero-order valence-electron chi connectivity index (χ0n) is 18.2. The third-order valence-corrected chi connectivity index (χ3v) is 6.16. The van der Waals surface area contributed by atoms with Crippen LogP contribution in [0.1, 0.15) is 38.2 Å². The third kappa shape index (κ3) is 3.94. The molecule has 0 amide bonds. The minimum atomic E-state index is -0.347. The van der Waals surface area contributed by atoms with Crippen molar-refractivity contribution in [2.24, 2.45) is 0 Å². The summed E-state index contributed by atoms with van der Waals surface area (Å²) in [7, 11) is 3.76. The van der Waals surface area contributed by atoms with Crippen molar-refractivity contribution in [1.82, 2.24) is 4.57 Å². The van der Waals surface area contributed by atoms with Gasteiger partial charge in [-0.1, -0.05) is 23.7 Å². The Hall–Kier alpha value is -2.79. The molecule has 1 aliphatic rings. The molecule has 1 aliphatic carbocycles. The summed E-state index contributed by atoms with van der Waals surface area (Å²) >= 11 is 6.54. The predicted molar refractivity (Wildman–Crippen MR) is 128 cm³/mol. The van der Waals surface area contributed by atoms with Gasteiger partial charge in [0, 0.05) is 24.9 Å². The summed E-state index contributed by atoms with van der Waals surface area (Å²) < 4.78 is 7.14. The van der Waals surface area contributed by atoms with E-state index < -0.39 is 0 Å². The van der Waals surface area contributed by atoms with Crippen LogP contribution in [0.2, 0.25) is 5.02 Å². The Kier molecular flexibility index (Phi) is 6.05. The lowest BCUT2D eigenvalue weighted by molar-refractivity contribution is -0.143. The fourth-order valence-corrected chi connectivity index (χ4v) is 4.77. The number of carbonyl (C=O) groups is 1. The van der Waals surface area contributed by atoms with E-state index in [0.29, 0.717) is 33.6 Å². The molecule has 162 valence electrons. The first-order valence-corrected chi connectivity index (χ1v) is 11.1. The van der Waals surface area contributed by atoms with E-state index in [1.54, 1.807) is 19.1 Å². The zero-order valence-corrected chi connectivity index (χ0v) is 19.0. The van der Waals surface area contributed by atoms with Gasteiger partial charge in [-0.25, -0.2) is 0 Å². The summed E-state index contributed by atoms with van der Waals surface area (Å²) in [6.45, 7) is 2.09. The van der Waals surface area contributed by atoms with E-state index in [0.717, 1.165) is 30.3 Å². The third-order valence-electron chi connectivity index (χ3n) is 5.85. The lowest BCUT2D eigenvalue weighted by Crippen LogP contribution is -2.21. The fraction of sp³-hybridized carbons (Fsp3) is 0.360. The van der Waals surface area contributed by atoms with E-state index in [9.17, 15) is 9.59 Å². The van der Waals surface area contributed by atoms with Crippen LogP contribution in [0, 0.1) is 0 Å². The van der Waals surface area contributed by atoms with Crippen LogP contribution in [-0.2, 0) is 16.1 Å². The Morgan fingerprint density at radius 3 is 2.61 bits per heavy atom. The molecular weight excluding hydrogens is 412 g/mol. The van der Waals surface area contributed by atoms with Crippen LogP contribution in [-0.4, -0.2) is 31.2 Å². The summed E-state index contributed by atoms with van der Waals surface area (Å²) in [5.74, 6) is -0.347. The zero-order chi connectivity index (χ0) is 22.1. The van der Waals surface area contributed by atoms with Gasteiger partial charge in [0.25, 0.3) is 0 Å². The van der Waals surface area contributed by atoms with Crippen LogP contribution in [0.5, 0.6) is 0 Å². The number of esters is 1. The molecule has 6 heteroatoms. The molecule has 0 N–H and O–H groups in total. The summed E-state index contributed by atoms with van der Waals surface area (Å²) in [5, 5.41) is 1.65. The lowest BCUT2D eigenvalue weighted by Gasteiger charge is -2.23. The highest BCUT2D eigenvalue weighted by Gasteiger charge is 2.20. The molecule has 0 bridgehead atoms. The van der Waals surface area contributed by atoms with Crippen molar-refractivity contribution in [3.05, 3.63) is 57.2 Å². The number of nitrogens with zero attached hydrogens (tertiary/aromatic N) is 2. The van der Waals surface area contributed by atoms with Gasteiger partial charge in [-0.05, 0) is 68.0 Å². The number of aromatic nitrogens is 1. The highest BCUT2D eigenvalue weighted by molar-refractivity contribution is 6.35. The van der Waals surface area contributed by atoms with Gasteiger partial charge in [0.05, 0.1) is 28.4 Å². The predicted octanol–water partition coefficient (Wildman–Crippen LogP) is 5.39. The molecule has 5 nitrogen and oxygen atoms in total. The Balaban J connectivity index is 2.10. The lowest BCUT2D eigenvalue weighted by atomic mass is 9.93. The molecule has 2 aromatic carbocycles. The molecule has 1 aromatic heterocycles. The van der Waals surface area contributed by atoms with Gasteiger partial charge in [-0.3, -0.25) is 9.59 Å². The fourth-order valence-electron chi connectivity index (χ4n) is 4.45. The molecule has 0 fully saturated rings. The van der Waals surface area contributed by atoms with Gasteiger partial charge in [-0.15, -0.1) is 0 Å². The molecule has 3 aromatic rings. The number of halogens is 1. The second-order valence-corrected chi connectivity index (χ2v) is 8.52. The smallest absolute Gasteiger partial charge is 0.325 e. The number of pyridine rings is 1. The summed E-state index contributed by atoms with van der Waals surface area (Å²) in [5.41, 5.74) is 4.41. The van der Waals surface area contributed by atoms with Gasteiger partial charge in [-0.2, -0.15) is 0 Å². The van der Waals surface area contributed by atoms with E-state index in [4.69, 9.17) is 16.3 Å². The van der Waals surface area contributed by atoms with Crippen molar-refractivity contribution in [2.75, 3.05) is 25.6 Å². The Labute approximate surface area is 186 Å². The van der Waals surface area contributed by atoms with Crippen LogP contribution in [0.3, 0.4) is 0 Å². The molecule has 0 atom stereocenters. The first-order chi connectivity index (χ1) is 14.9. The second-order valence-electron chi connectivity index (χ2n) is 8.11. The number of carbonyl (C=O) groups excluding carboxylic acids is 1. The quantitative estimate of drug-likeness (QED) is 0.395. The second kappa shape index (κ2) is 8.75. The molecule has 31 heavy (non-hydrogen) atoms. The van der Waals surface area contributed by atoms with E-state index in [1.807, 2.05) is 41.8 Å². The Bertz CT molecular complexity index is 1260. The molecule has 0 saturated carbocycles. The van der Waals surface area contributed by atoms with Crippen molar-refractivity contribution in [1.29, 1.82) is 0 Å². The molecule has 0 radical (unpaired) electrons. The Morgan fingerprint density at radius 2 is 1.94 bits per heavy atom. The van der Waals surface area contributed by atoms with E-state index >= 15 is 0 Å². The number of hydrogen-bond acceptors (Lipinski definition) is 4. The standard InChI is InChI=1S/C25H27ClN2O3/c1-4-31-22(29)15-28-21-14-17(16-8-6-5-7-9-16)10-11-18(21)25(30)19-12-13-20(26)24(23(19)28)27(2)3/h8,10-14H,4-7,9,15H2,1-3H3. The SMILES string of the molecule is CCOC(=O)Cn1c2cc(C3=CCCCC3)ccc2c(=O)c2ccc(Cl)c(N(C)C)c21. The van der Waals surface area contributed by atoms with Crippen molar-refractivity contribution >= 4 is 50.6 Å². The number of fused-ring (bicyclic) bond motifs is 2. The summed E-state index contributed by atoms with van der Waals surface area (Å²) in [6.07, 6.45) is 6.75. The molecular formula is C25H27ClN2O3. The monoisotopic (exact) mass is 438 g/mol. The van der Waals surface area contributed by atoms with Crippen molar-refractivity contribution < 1.29 is 9.53 Å². The summed E-state index contributed by atoms with van der Waals surface area (Å²) in [4.78, 5) is 27.9.